The van der Waals surface area contributed by atoms with Crippen LogP contribution in [-0.4, -0.2) is 31.7 Å². The van der Waals surface area contributed by atoms with E-state index in [9.17, 15) is 9.59 Å². The molecule has 6 nitrogen and oxygen atoms in total. The van der Waals surface area contributed by atoms with Crippen LogP contribution in [0.4, 0.5) is 5.69 Å². The van der Waals surface area contributed by atoms with Crippen molar-refractivity contribution in [2.75, 3.05) is 25.1 Å². The van der Waals surface area contributed by atoms with Crippen LogP contribution in [0.1, 0.15) is 19.4 Å². The van der Waals surface area contributed by atoms with Gasteiger partial charge in [0.2, 0.25) is 0 Å². The molecule has 0 aliphatic heterocycles. The molecule has 0 spiro atoms. The lowest BCUT2D eigenvalue weighted by atomic mass is 10.2. The van der Waals surface area contributed by atoms with E-state index < -0.39 is 11.9 Å². The first-order valence-corrected chi connectivity index (χ1v) is 8.92. The molecule has 0 saturated carbocycles. The third-order valence-corrected chi connectivity index (χ3v) is 3.85. The zero-order chi connectivity index (χ0) is 18.1. The molecule has 25 heavy (non-hydrogen) atoms. The molecule has 1 heterocycles. The van der Waals surface area contributed by atoms with Gasteiger partial charge in [-0.05, 0) is 48.4 Å². The van der Waals surface area contributed by atoms with Gasteiger partial charge in [-0.15, -0.1) is 0 Å². The van der Waals surface area contributed by atoms with Gasteiger partial charge in [0.25, 0.3) is 5.91 Å². The van der Waals surface area contributed by atoms with Crippen molar-refractivity contribution in [1.82, 2.24) is 0 Å². The normalized spacial score (nSPS) is 10.2. The topological polar surface area (TPSA) is 73.9 Å². The lowest BCUT2D eigenvalue weighted by Gasteiger charge is -2.13. The molecule has 0 aliphatic carbocycles. The number of benzene rings is 1. The molecule has 1 amide bonds. The fourth-order valence-corrected chi connectivity index (χ4v) is 2.75. The van der Waals surface area contributed by atoms with Crippen LogP contribution in [0.25, 0.3) is 0 Å². The molecule has 1 aromatic heterocycles. The van der Waals surface area contributed by atoms with Crippen LogP contribution >= 0.6 is 11.3 Å². The van der Waals surface area contributed by atoms with Crippen LogP contribution in [0.5, 0.6) is 11.5 Å². The second-order valence-electron chi connectivity index (χ2n) is 5.04. The Morgan fingerprint density at radius 3 is 2.52 bits per heavy atom. The maximum absolute atomic E-state index is 11.9. The van der Waals surface area contributed by atoms with Gasteiger partial charge in [-0.3, -0.25) is 9.59 Å². The highest BCUT2D eigenvalue weighted by atomic mass is 32.1. The van der Waals surface area contributed by atoms with Crippen molar-refractivity contribution >= 4 is 28.9 Å². The summed E-state index contributed by atoms with van der Waals surface area (Å²) in [5.41, 5.74) is 1.43. The van der Waals surface area contributed by atoms with E-state index in [1.54, 1.807) is 18.2 Å². The highest BCUT2D eigenvalue weighted by molar-refractivity contribution is 7.07. The summed E-state index contributed by atoms with van der Waals surface area (Å²) in [5.74, 6) is 0.321. The first kappa shape index (κ1) is 18.8. The zero-order valence-corrected chi connectivity index (χ0v) is 15.1. The van der Waals surface area contributed by atoms with Crippen molar-refractivity contribution in [3.05, 3.63) is 40.6 Å². The third kappa shape index (κ3) is 6.11. The fraction of sp³-hybridized carbons (Fsp3) is 0.333. The lowest BCUT2D eigenvalue weighted by Crippen LogP contribution is -2.21. The Balaban J connectivity index is 1.86. The molecule has 7 heteroatoms. The lowest BCUT2D eigenvalue weighted by molar-refractivity contribution is -0.146. The molecule has 0 atom stereocenters. The first-order chi connectivity index (χ1) is 12.1. The SMILES string of the molecule is CCOc1ccc(NC(=O)COC(=O)Cc2ccsc2)cc1OCC. The predicted molar refractivity (Wildman–Crippen MR) is 96.4 cm³/mol. The van der Waals surface area contributed by atoms with E-state index >= 15 is 0 Å². The van der Waals surface area contributed by atoms with E-state index in [1.807, 2.05) is 30.7 Å². The number of carbonyl (C=O) groups excluding carboxylic acids is 2. The molecule has 0 unspecified atom stereocenters. The largest absolute Gasteiger partial charge is 0.490 e. The number of hydrogen-bond acceptors (Lipinski definition) is 6. The maximum atomic E-state index is 11.9. The van der Waals surface area contributed by atoms with Gasteiger partial charge in [-0.25, -0.2) is 0 Å². The minimum Gasteiger partial charge on any atom is -0.490 e. The Bertz CT molecular complexity index is 699. The number of esters is 1. The summed E-state index contributed by atoms with van der Waals surface area (Å²) < 4.78 is 16.0. The summed E-state index contributed by atoms with van der Waals surface area (Å²) in [5, 5.41) is 6.43. The molecule has 0 aliphatic rings. The molecule has 0 radical (unpaired) electrons. The number of anilines is 1. The van der Waals surface area contributed by atoms with Gasteiger partial charge in [-0.1, -0.05) is 0 Å². The minimum atomic E-state index is -0.435. The van der Waals surface area contributed by atoms with Crippen molar-refractivity contribution in [3.63, 3.8) is 0 Å². The number of amides is 1. The predicted octanol–water partition coefficient (Wildman–Crippen LogP) is 3.27. The molecule has 0 saturated heterocycles. The Kier molecular flexibility index (Phi) is 7.28. The third-order valence-electron chi connectivity index (χ3n) is 3.12. The van der Waals surface area contributed by atoms with Crippen LogP contribution < -0.4 is 14.8 Å². The van der Waals surface area contributed by atoms with Crippen LogP contribution in [0.2, 0.25) is 0 Å². The summed E-state index contributed by atoms with van der Waals surface area (Å²) in [7, 11) is 0. The van der Waals surface area contributed by atoms with Crippen LogP contribution in [0.3, 0.4) is 0 Å². The van der Waals surface area contributed by atoms with E-state index in [4.69, 9.17) is 14.2 Å². The van der Waals surface area contributed by atoms with Gasteiger partial charge >= 0.3 is 5.97 Å². The number of hydrogen-bond donors (Lipinski definition) is 1. The molecule has 1 aromatic carbocycles. The second kappa shape index (κ2) is 9.68. The van der Waals surface area contributed by atoms with Gasteiger partial charge in [-0.2, -0.15) is 11.3 Å². The summed E-state index contributed by atoms with van der Waals surface area (Å²) in [6.45, 7) is 4.42. The Hall–Kier alpha value is -2.54. The van der Waals surface area contributed by atoms with Crippen LogP contribution in [0, 0.1) is 0 Å². The first-order valence-electron chi connectivity index (χ1n) is 7.98. The molecule has 0 bridgehead atoms. The van der Waals surface area contributed by atoms with Gasteiger partial charge in [0.05, 0.1) is 19.6 Å². The number of nitrogens with one attached hydrogen (secondary N) is 1. The highest BCUT2D eigenvalue weighted by Gasteiger charge is 2.11. The van der Waals surface area contributed by atoms with Crippen molar-refractivity contribution in [3.8, 4) is 11.5 Å². The Morgan fingerprint density at radius 1 is 1.08 bits per heavy atom. The van der Waals surface area contributed by atoms with Gasteiger partial charge in [0.15, 0.2) is 18.1 Å². The number of ether oxygens (including phenoxy) is 3. The summed E-state index contributed by atoms with van der Waals surface area (Å²) in [4.78, 5) is 23.6. The van der Waals surface area contributed by atoms with E-state index in [0.29, 0.717) is 30.4 Å². The maximum Gasteiger partial charge on any atom is 0.310 e. The van der Waals surface area contributed by atoms with Crippen molar-refractivity contribution in [1.29, 1.82) is 0 Å². The molecule has 134 valence electrons. The summed E-state index contributed by atoms with van der Waals surface area (Å²) >= 11 is 1.51. The van der Waals surface area contributed by atoms with Crippen molar-refractivity contribution < 1.29 is 23.8 Å². The zero-order valence-electron chi connectivity index (χ0n) is 14.2. The second-order valence-corrected chi connectivity index (χ2v) is 5.82. The molecule has 0 fully saturated rings. The molecular weight excluding hydrogens is 342 g/mol. The van der Waals surface area contributed by atoms with Crippen LogP contribution in [0.15, 0.2) is 35.0 Å². The number of thiophene rings is 1. The number of carbonyl (C=O) groups is 2. The van der Waals surface area contributed by atoms with E-state index in [2.05, 4.69) is 5.32 Å². The minimum absolute atomic E-state index is 0.161. The van der Waals surface area contributed by atoms with Gasteiger partial charge < -0.3 is 19.5 Å². The van der Waals surface area contributed by atoms with E-state index in [1.165, 1.54) is 11.3 Å². The highest BCUT2D eigenvalue weighted by Crippen LogP contribution is 2.30. The van der Waals surface area contributed by atoms with Gasteiger partial charge in [0.1, 0.15) is 0 Å². The van der Waals surface area contributed by atoms with E-state index in [-0.39, 0.29) is 13.0 Å². The van der Waals surface area contributed by atoms with E-state index in [0.717, 1.165) is 5.56 Å². The van der Waals surface area contributed by atoms with Crippen molar-refractivity contribution in [2.24, 2.45) is 0 Å². The fourth-order valence-electron chi connectivity index (χ4n) is 2.08. The molecular formula is C18H21NO5S. The Labute approximate surface area is 150 Å². The van der Waals surface area contributed by atoms with Gasteiger partial charge in [0, 0.05) is 11.8 Å². The Morgan fingerprint density at radius 2 is 1.84 bits per heavy atom. The quantitative estimate of drug-likeness (QED) is 0.692. The number of rotatable bonds is 9. The summed E-state index contributed by atoms with van der Waals surface area (Å²) in [6.07, 6.45) is 0.161. The smallest absolute Gasteiger partial charge is 0.310 e. The average molecular weight is 363 g/mol. The molecule has 2 rings (SSSR count). The molecule has 2 aromatic rings. The molecule has 1 N–H and O–H groups in total. The monoisotopic (exact) mass is 363 g/mol. The van der Waals surface area contributed by atoms with Crippen molar-refractivity contribution in [2.45, 2.75) is 20.3 Å². The summed E-state index contributed by atoms with van der Waals surface area (Å²) in [6, 6.07) is 6.96. The van der Waals surface area contributed by atoms with Crippen LogP contribution in [-0.2, 0) is 20.7 Å². The average Bonchev–Trinajstić information content (AvgIpc) is 3.09. The standard InChI is InChI=1S/C18H21NO5S/c1-3-22-15-6-5-14(10-16(15)23-4-2)19-17(20)11-24-18(21)9-13-7-8-25-12-13/h5-8,10,12H,3-4,9,11H2,1-2H3,(H,19,20).